The number of nitrogens with zero attached hydrogens (tertiary/aromatic N) is 5. The number of pyridine rings is 1. The molecule has 4 heterocycles. The zero-order valence-corrected chi connectivity index (χ0v) is 22.4. The summed E-state index contributed by atoms with van der Waals surface area (Å²) in [6.45, 7) is 2.56. The molecule has 2 aromatic heterocycles. The Morgan fingerprint density at radius 2 is 1.89 bits per heavy atom. The number of rotatable bonds is 4. The number of carbonyl (C=O) groups is 1. The number of carbonyl (C=O) groups excluding carboxylic acids is 1. The van der Waals surface area contributed by atoms with Crippen molar-refractivity contribution in [3.05, 3.63) is 53.2 Å². The van der Waals surface area contributed by atoms with Gasteiger partial charge in [0, 0.05) is 43.4 Å². The zero-order valence-electron chi connectivity index (χ0n) is 20.8. The first-order valence-corrected chi connectivity index (χ1v) is 14.3. The second kappa shape index (κ2) is 11.0. The number of sulfone groups is 1. The summed E-state index contributed by atoms with van der Waals surface area (Å²) in [6, 6.07) is 2.09. The molecular formula is C24H28ClF3N6O3S. The Morgan fingerprint density at radius 1 is 1.18 bits per heavy atom. The Bertz CT molecular complexity index is 1320. The van der Waals surface area contributed by atoms with Crippen molar-refractivity contribution in [3.8, 4) is 0 Å². The smallest absolute Gasteiger partial charge is 0.330 e. The quantitative estimate of drug-likeness (QED) is 0.573. The molecule has 1 unspecified atom stereocenters. The minimum absolute atomic E-state index is 0.0120. The van der Waals surface area contributed by atoms with Crippen molar-refractivity contribution in [1.82, 2.24) is 25.1 Å². The van der Waals surface area contributed by atoms with E-state index in [2.05, 4.69) is 20.2 Å². The number of fused-ring (bicyclic) bond motifs is 1. The summed E-state index contributed by atoms with van der Waals surface area (Å²) in [5, 5.41) is 7.30. The zero-order chi connectivity index (χ0) is 27.7. The average molecular weight is 573 g/mol. The minimum atomic E-state index is -4.76. The fourth-order valence-electron chi connectivity index (χ4n) is 4.80. The highest BCUT2D eigenvalue weighted by molar-refractivity contribution is 7.91. The number of H-pyrrole nitrogens is 1. The Morgan fingerprint density at radius 3 is 2.53 bits per heavy atom. The van der Waals surface area contributed by atoms with Crippen LogP contribution >= 0.6 is 11.6 Å². The van der Waals surface area contributed by atoms with Crippen molar-refractivity contribution >= 4 is 38.9 Å². The topological polar surface area (TPSA) is 112 Å². The molecule has 2 aromatic rings. The number of nitrogens with one attached hydrogen (secondary N) is 1. The number of amides is 1. The molecule has 38 heavy (non-hydrogen) atoms. The molecule has 0 saturated carbocycles. The van der Waals surface area contributed by atoms with Gasteiger partial charge in [0.15, 0.2) is 11.2 Å². The van der Waals surface area contributed by atoms with E-state index < -0.39 is 33.9 Å². The van der Waals surface area contributed by atoms with Crippen LogP contribution in [-0.4, -0.2) is 70.7 Å². The lowest BCUT2D eigenvalue weighted by molar-refractivity contribution is -0.190. The van der Waals surface area contributed by atoms with Crippen LogP contribution in [0.1, 0.15) is 49.4 Å². The first kappa shape index (κ1) is 28.1. The van der Waals surface area contributed by atoms with E-state index in [9.17, 15) is 26.4 Å². The second-order valence-electron chi connectivity index (χ2n) is 9.55. The summed E-state index contributed by atoms with van der Waals surface area (Å²) in [5.41, 5.74) is 1.22. The first-order chi connectivity index (χ1) is 17.9. The van der Waals surface area contributed by atoms with Gasteiger partial charge in [-0.2, -0.15) is 18.3 Å². The number of aromatic nitrogens is 4. The van der Waals surface area contributed by atoms with Gasteiger partial charge in [-0.05, 0) is 31.4 Å². The molecule has 0 spiro atoms. The fourth-order valence-corrected chi connectivity index (χ4v) is 6.39. The molecule has 0 aliphatic carbocycles. The molecule has 206 valence electrons. The van der Waals surface area contributed by atoms with Crippen LogP contribution in [0.3, 0.4) is 0 Å². The maximum Gasteiger partial charge on any atom is 0.413 e. The molecule has 2 atom stereocenters. The monoisotopic (exact) mass is 572 g/mol. The molecular weight excluding hydrogens is 545 g/mol. The SMILES string of the molecule is CC1CCN(c2ccc([C@H](N(C)C(=O)C3CCS(=O)(=O)CC3)C(F)(F)F)cn2)c2cnccc(Cl)n[nH]c21. The van der Waals surface area contributed by atoms with Crippen LogP contribution < -0.4 is 4.90 Å². The summed E-state index contributed by atoms with van der Waals surface area (Å²) in [6.07, 6.45) is 0.210. The summed E-state index contributed by atoms with van der Waals surface area (Å²) in [7, 11) is -2.16. The number of hydrogen-bond acceptors (Lipinski definition) is 7. The van der Waals surface area contributed by atoms with E-state index in [4.69, 9.17) is 11.6 Å². The molecule has 4 rings (SSSR count). The molecule has 2 aliphatic rings. The van der Waals surface area contributed by atoms with Crippen molar-refractivity contribution in [1.29, 1.82) is 0 Å². The minimum Gasteiger partial charge on any atom is -0.330 e. The van der Waals surface area contributed by atoms with Gasteiger partial charge in [0.25, 0.3) is 0 Å². The highest BCUT2D eigenvalue weighted by Crippen LogP contribution is 2.40. The Kier molecular flexibility index (Phi) is 8.17. The third-order valence-corrected chi connectivity index (χ3v) is 8.86. The van der Waals surface area contributed by atoms with E-state index in [0.29, 0.717) is 22.9 Å². The van der Waals surface area contributed by atoms with Crippen molar-refractivity contribution in [3.63, 3.8) is 0 Å². The second-order valence-corrected chi connectivity index (χ2v) is 12.2. The maximum absolute atomic E-state index is 14.2. The van der Waals surface area contributed by atoms with Crippen LogP contribution in [0, 0.1) is 5.92 Å². The van der Waals surface area contributed by atoms with Crippen LogP contribution in [0.2, 0.25) is 5.15 Å². The van der Waals surface area contributed by atoms with Gasteiger partial charge in [-0.1, -0.05) is 24.6 Å². The van der Waals surface area contributed by atoms with Crippen molar-refractivity contribution in [2.24, 2.45) is 5.92 Å². The largest absolute Gasteiger partial charge is 0.413 e. The van der Waals surface area contributed by atoms with Crippen molar-refractivity contribution < 1.29 is 26.4 Å². The van der Waals surface area contributed by atoms with Gasteiger partial charge >= 0.3 is 6.18 Å². The van der Waals surface area contributed by atoms with E-state index in [-0.39, 0.29) is 41.0 Å². The van der Waals surface area contributed by atoms with Crippen LogP contribution in [0.5, 0.6) is 0 Å². The van der Waals surface area contributed by atoms with Gasteiger partial charge in [0.2, 0.25) is 5.91 Å². The van der Waals surface area contributed by atoms with E-state index in [1.165, 1.54) is 24.4 Å². The van der Waals surface area contributed by atoms with Crippen LogP contribution in [0.15, 0.2) is 36.8 Å². The number of hydrogen-bond donors (Lipinski definition) is 1. The summed E-state index contributed by atoms with van der Waals surface area (Å²) < 4.78 is 66.0. The standard InChI is InChI=1S/C24H28ClF3N6O3S/c1-15-6-10-34(18-14-29-9-5-19(25)31-32-21(15)18)20-4-3-17(13-30-20)22(24(26,27)28)33(2)23(35)16-7-11-38(36,37)12-8-16/h3-5,9,13-16,22,32H,6-8,10-12H2,1-2H3/t15?,22-/m0/s1. The summed E-state index contributed by atoms with van der Waals surface area (Å²) >= 11 is 6.02. The third-order valence-electron chi connectivity index (χ3n) is 6.94. The lowest BCUT2D eigenvalue weighted by atomic mass is 9.97. The first-order valence-electron chi connectivity index (χ1n) is 12.1. The number of aromatic amines is 1. The summed E-state index contributed by atoms with van der Waals surface area (Å²) in [5.74, 6) is -1.41. The van der Waals surface area contributed by atoms with E-state index in [1.54, 1.807) is 6.20 Å². The average Bonchev–Trinajstić information content (AvgIpc) is 2.95. The van der Waals surface area contributed by atoms with Gasteiger partial charge in [-0.15, -0.1) is 0 Å². The molecule has 14 heteroatoms. The van der Waals surface area contributed by atoms with Gasteiger partial charge in [-0.3, -0.25) is 14.9 Å². The highest BCUT2D eigenvalue weighted by atomic mass is 35.5. The van der Waals surface area contributed by atoms with Crippen LogP contribution in [-0.2, 0) is 14.6 Å². The Labute approximate surface area is 223 Å². The molecule has 2 aliphatic heterocycles. The Balaban J connectivity index is 1.63. The van der Waals surface area contributed by atoms with E-state index in [0.717, 1.165) is 25.4 Å². The molecule has 1 fully saturated rings. The normalized spacial score (nSPS) is 20.3. The molecule has 0 aromatic carbocycles. The van der Waals surface area contributed by atoms with Crippen LogP contribution in [0.25, 0.3) is 0 Å². The lowest BCUT2D eigenvalue weighted by Gasteiger charge is -2.34. The molecule has 0 radical (unpaired) electrons. The molecule has 0 bridgehead atoms. The lowest BCUT2D eigenvalue weighted by Crippen LogP contribution is -2.44. The van der Waals surface area contributed by atoms with Gasteiger partial charge in [0.1, 0.15) is 15.7 Å². The molecule has 1 saturated heterocycles. The number of anilines is 2. The van der Waals surface area contributed by atoms with Crippen molar-refractivity contribution in [2.45, 2.75) is 44.3 Å². The number of halogens is 4. The maximum atomic E-state index is 14.2. The fraction of sp³-hybridized carbons (Fsp3) is 0.500. The Hall–Kier alpha value is -2.93. The van der Waals surface area contributed by atoms with E-state index >= 15 is 0 Å². The van der Waals surface area contributed by atoms with Crippen molar-refractivity contribution in [2.75, 3.05) is 30.0 Å². The molecule has 1 amide bonds. The van der Waals surface area contributed by atoms with Crippen LogP contribution in [0.4, 0.5) is 24.7 Å². The molecule has 1 N–H and O–H groups in total. The summed E-state index contributed by atoms with van der Waals surface area (Å²) in [4.78, 5) is 24.0. The third kappa shape index (κ3) is 6.20. The van der Waals surface area contributed by atoms with E-state index in [1.807, 2.05) is 11.8 Å². The van der Waals surface area contributed by atoms with Gasteiger partial charge < -0.3 is 9.80 Å². The van der Waals surface area contributed by atoms with Gasteiger partial charge in [-0.25, -0.2) is 13.4 Å². The predicted molar refractivity (Wildman–Crippen MR) is 136 cm³/mol. The highest BCUT2D eigenvalue weighted by Gasteiger charge is 2.47. The predicted octanol–water partition coefficient (Wildman–Crippen LogP) is 4.51. The number of alkyl halides is 3. The molecule has 9 nitrogen and oxygen atoms in total. The van der Waals surface area contributed by atoms with Gasteiger partial charge in [0.05, 0.1) is 29.1 Å².